The van der Waals surface area contributed by atoms with Crippen LogP contribution in [0, 0.1) is 17.2 Å². The number of fused-ring (bicyclic) bond motifs is 1. The summed E-state index contributed by atoms with van der Waals surface area (Å²) < 4.78 is 0. The van der Waals surface area contributed by atoms with Crippen LogP contribution in [0.3, 0.4) is 0 Å². The van der Waals surface area contributed by atoms with Gasteiger partial charge in [0, 0.05) is 30.4 Å². The summed E-state index contributed by atoms with van der Waals surface area (Å²) in [4.78, 5) is 13.8. The normalized spacial score (nSPS) is 21.2. The van der Waals surface area contributed by atoms with E-state index in [1.54, 1.807) is 18.5 Å². The van der Waals surface area contributed by atoms with Gasteiger partial charge in [-0.15, -0.1) is 0 Å². The smallest absolute Gasteiger partial charge is 0.113 e. The fourth-order valence-electron chi connectivity index (χ4n) is 3.06. The molecule has 0 amide bonds. The zero-order valence-electron chi connectivity index (χ0n) is 12.2. The van der Waals surface area contributed by atoms with Gasteiger partial charge in [0.2, 0.25) is 0 Å². The summed E-state index contributed by atoms with van der Waals surface area (Å²) in [5.41, 5.74) is 11.5. The van der Waals surface area contributed by atoms with Gasteiger partial charge < -0.3 is 4.90 Å². The van der Waals surface area contributed by atoms with E-state index >= 15 is 0 Å². The summed E-state index contributed by atoms with van der Waals surface area (Å²) in [5.74, 6) is 0.423. The van der Waals surface area contributed by atoms with Crippen LogP contribution in [0.25, 0.3) is 21.5 Å². The molecule has 3 rings (SSSR count). The minimum absolute atomic E-state index is 0.0453. The van der Waals surface area contributed by atoms with Crippen LogP contribution >= 0.6 is 0 Å². The molecule has 7 heteroatoms. The molecule has 1 unspecified atom stereocenters. The molecule has 7 nitrogen and oxygen atoms in total. The number of nitriles is 1. The lowest BCUT2D eigenvalue weighted by molar-refractivity contribution is 0.401. The van der Waals surface area contributed by atoms with Gasteiger partial charge >= 0.3 is 0 Å². The Labute approximate surface area is 127 Å². The van der Waals surface area contributed by atoms with Gasteiger partial charge in [0.25, 0.3) is 0 Å². The van der Waals surface area contributed by atoms with Crippen LogP contribution in [0.1, 0.15) is 18.9 Å². The molecule has 2 atom stereocenters. The molecule has 0 radical (unpaired) electrons. The average Bonchev–Trinajstić information content (AvgIpc) is 2.53. The number of hydrogen-bond acceptors (Lipinski definition) is 5. The van der Waals surface area contributed by atoms with Crippen molar-refractivity contribution >= 4 is 16.7 Å². The summed E-state index contributed by atoms with van der Waals surface area (Å²) in [6, 6.07) is 5.78. The number of benzene rings is 1. The minimum Gasteiger partial charge on any atom is -0.369 e. The van der Waals surface area contributed by atoms with Crippen molar-refractivity contribution in [2.75, 3.05) is 18.0 Å². The summed E-state index contributed by atoms with van der Waals surface area (Å²) in [6.45, 7) is 3.67. The van der Waals surface area contributed by atoms with Crippen LogP contribution in [-0.4, -0.2) is 29.1 Å². The van der Waals surface area contributed by atoms with Crippen LogP contribution in [0.5, 0.6) is 0 Å². The molecule has 22 heavy (non-hydrogen) atoms. The molecule has 1 fully saturated rings. The van der Waals surface area contributed by atoms with E-state index < -0.39 is 0 Å². The lowest BCUT2D eigenvalue weighted by atomic mass is 9.95. The van der Waals surface area contributed by atoms with E-state index in [4.69, 9.17) is 5.53 Å². The molecule has 0 bridgehead atoms. The van der Waals surface area contributed by atoms with Gasteiger partial charge in [-0.05, 0) is 30.0 Å². The van der Waals surface area contributed by atoms with Crippen molar-refractivity contribution in [3.05, 3.63) is 40.5 Å². The van der Waals surface area contributed by atoms with Crippen molar-refractivity contribution in [2.24, 2.45) is 11.0 Å². The first-order chi connectivity index (χ1) is 10.7. The molecule has 0 saturated carbocycles. The van der Waals surface area contributed by atoms with Crippen LogP contribution in [0.4, 0.5) is 5.69 Å². The Morgan fingerprint density at radius 1 is 1.32 bits per heavy atom. The van der Waals surface area contributed by atoms with E-state index in [-0.39, 0.29) is 6.04 Å². The van der Waals surface area contributed by atoms with Crippen LogP contribution in [-0.2, 0) is 0 Å². The zero-order chi connectivity index (χ0) is 15.5. The second-order valence-corrected chi connectivity index (χ2v) is 5.60. The first-order valence-electron chi connectivity index (χ1n) is 7.16. The highest BCUT2D eigenvalue weighted by Crippen LogP contribution is 2.30. The predicted molar refractivity (Wildman–Crippen MR) is 83.2 cm³/mol. The van der Waals surface area contributed by atoms with Gasteiger partial charge in [0.1, 0.15) is 17.1 Å². The Kier molecular flexibility index (Phi) is 3.77. The first-order valence-corrected chi connectivity index (χ1v) is 7.16. The third-order valence-corrected chi connectivity index (χ3v) is 3.92. The van der Waals surface area contributed by atoms with Crippen LogP contribution in [0.2, 0.25) is 0 Å². The first kappa shape index (κ1) is 14.1. The monoisotopic (exact) mass is 293 g/mol. The average molecular weight is 293 g/mol. The van der Waals surface area contributed by atoms with Gasteiger partial charge in [0.05, 0.1) is 17.3 Å². The van der Waals surface area contributed by atoms with E-state index in [9.17, 15) is 5.26 Å². The molecule has 1 saturated heterocycles. The highest BCUT2D eigenvalue weighted by molar-refractivity contribution is 5.92. The highest BCUT2D eigenvalue weighted by Gasteiger charge is 2.26. The van der Waals surface area contributed by atoms with Gasteiger partial charge in [0.15, 0.2) is 0 Å². The van der Waals surface area contributed by atoms with Crippen molar-refractivity contribution < 1.29 is 0 Å². The van der Waals surface area contributed by atoms with Crippen molar-refractivity contribution in [1.29, 1.82) is 5.26 Å². The quantitative estimate of drug-likeness (QED) is 0.482. The maximum absolute atomic E-state index is 9.20. The molecular formula is C15H15N7. The van der Waals surface area contributed by atoms with E-state index in [0.717, 1.165) is 24.2 Å². The zero-order valence-corrected chi connectivity index (χ0v) is 12.2. The number of azide groups is 1. The molecule has 2 heterocycles. The molecule has 1 aromatic carbocycles. The second kappa shape index (κ2) is 5.88. The summed E-state index contributed by atoms with van der Waals surface area (Å²) >= 11 is 0. The standard InChI is InChI=1S/C15H15N7/c1-10-6-12(20-21-17)9-22(8-10)13-3-2-11(7-16)14-15(13)19-5-4-18-14/h2-5,10,12H,6,8-9H2,1H3/t10-,12?/m0/s1. The second-order valence-electron chi connectivity index (χ2n) is 5.60. The topological polar surface area (TPSA) is 102 Å². The Hall–Kier alpha value is -2.84. The van der Waals surface area contributed by atoms with E-state index in [1.165, 1.54) is 0 Å². The number of hydrogen-bond donors (Lipinski definition) is 0. The summed E-state index contributed by atoms with van der Waals surface area (Å²) in [6.07, 6.45) is 4.11. The molecule has 0 spiro atoms. The lowest BCUT2D eigenvalue weighted by Gasteiger charge is -2.36. The molecule has 1 aliphatic rings. The minimum atomic E-state index is -0.0453. The number of rotatable bonds is 2. The van der Waals surface area contributed by atoms with E-state index in [2.05, 4.69) is 37.9 Å². The SMILES string of the molecule is C[C@H]1CC(N=[N+]=[N-])CN(c2ccc(C#N)c3nccnc23)C1. The molecule has 2 aromatic rings. The molecule has 1 aliphatic heterocycles. The van der Waals surface area contributed by atoms with Gasteiger partial charge in [-0.25, -0.2) is 0 Å². The molecule has 1 aromatic heterocycles. The largest absolute Gasteiger partial charge is 0.369 e. The lowest BCUT2D eigenvalue weighted by Crippen LogP contribution is -2.41. The van der Waals surface area contributed by atoms with E-state index in [0.29, 0.717) is 23.5 Å². The highest BCUT2D eigenvalue weighted by atomic mass is 15.2. The molecule has 110 valence electrons. The van der Waals surface area contributed by atoms with Crippen LogP contribution < -0.4 is 4.90 Å². The maximum atomic E-state index is 9.20. The van der Waals surface area contributed by atoms with Crippen LogP contribution in [0.15, 0.2) is 29.6 Å². The number of nitrogens with zero attached hydrogens (tertiary/aromatic N) is 7. The maximum Gasteiger partial charge on any atom is 0.113 e. The fourth-order valence-corrected chi connectivity index (χ4v) is 3.06. The van der Waals surface area contributed by atoms with Gasteiger partial charge in [-0.3, -0.25) is 9.97 Å². The number of aromatic nitrogens is 2. The number of anilines is 1. The number of piperidine rings is 1. The van der Waals surface area contributed by atoms with Crippen molar-refractivity contribution in [2.45, 2.75) is 19.4 Å². The fraction of sp³-hybridized carbons (Fsp3) is 0.400. The Morgan fingerprint density at radius 2 is 2.09 bits per heavy atom. The van der Waals surface area contributed by atoms with E-state index in [1.807, 2.05) is 6.07 Å². The molecule has 0 N–H and O–H groups in total. The summed E-state index contributed by atoms with van der Waals surface area (Å²) in [5, 5.41) is 13.1. The Bertz CT molecular complexity index is 788. The molecule has 0 aliphatic carbocycles. The predicted octanol–water partition coefficient (Wildman–Crippen LogP) is 3.03. The van der Waals surface area contributed by atoms with Crippen molar-refractivity contribution in [3.63, 3.8) is 0 Å². The third kappa shape index (κ3) is 2.52. The van der Waals surface area contributed by atoms with Gasteiger partial charge in [-0.2, -0.15) is 5.26 Å². The Balaban J connectivity index is 2.06. The van der Waals surface area contributed by atoms with Crippen molar-refractivity contribution in [1.82, 2.24) is 9.97 Å². The third-order valence-electron chi connectivity index (χ3n) is 3.92. The van der Waals surface area contributed by atoms with Gasteiger partial charge in [-0.1, -0.05) is 12.0 Å². The molecular weight excluding hydrogens is 278 g/mol. The Morgan fingerprint density at radius 3 is 2.82 bits per heavy atom. The van der Waals surface area contributed by atoms with Crippen molar-refractivity contribution in [3.8, 4) is 6.07 Å². The summed E-state index contributed by atoms with van der Waals surface area (Å²) in [7, 11) is 0.